The van der Waals surface area contributed by atoms with Gasteiger partial charge in [-0.1, -0.05) is 6.58 Å². The van der Waals surface area contributed by atoms with Crippen LogP contribution in [-0.2, 0) is 4.74 Å². The molecule has 0 saturated carbocycles. The highest BCUT2D eigenvalue weighted by Crippen LogP contribution is 2.15. The average Bonchev–Trinajstić information content (AvgIpc) is 2.18. The number of methoxy groups -OCH3 is 1. The second kappa shape index (κ2) is 4.45. The maximum atomic E-state index is 5.17. The summed E-state index contributed by atoms with van der Waals surface area (Å²) in [7, 11) is 1.57. The third-order valence-electron chi connectivity index (χ3n) is 1.47. The Morgan fingerprint density at radius 2 is 2.38 bits per heavy atom. The number of hydrogen-bond acceptors (Lipinski definition) is 4. The Morgan fingerprint density at radius 3 is 3.00 bits per heavy atom. The zero-order valence-corrected chi connectivity index (χ0v) is 7.78. The molecule has 1 heterocycles. The van der Waals surface area contributed by atoms with Crippen molar-refractivity contribution in [2.45, 2.75) is 6.92 Å². The topological polar surface area (TPSA) is 44.2 Å². The van der Waals surface area contributed by atoms with Crippen molar-refractivity contribution in [2.24, 2.45) is 0 Å². The van der Waals surface area contributed by atoms with E-state index in [4.69, 9.17) is 9.47 Å². The smallest absolute Gasteiger partial charge is 0.141 e. The van der Waals surface area contributed by atoms with E-state index < -0.39 is 0 Å². The summed E-state index contributed by atoms with van der Waals surface area (Å²) >= 11 is 0. The predicted octanol–water partition coefficient (Wildman–Crippen LogP) is 1.49. The molecular formula is C9H12N2O2. The van der Waals surface area contributed by atoms with Gasteiger partial charge in [-0.25, -0.2) is 0 Å². The quantitative estimate of drug-likeness (QED) is 0.658. The molecule has 1 rings (SSSR count). The predicted molar refractivity (Wildman–Crippen MR) is 49.2 cm³/mol. The van der Waals surface area contributed by atoms with Crippen molar-refractivity contribution in [3.05, 3.63) is 24.5 Å². The zero-order valence-electron chi connectivity index (χ0n) is 7.78. The van der Waals surface area contributed by atoms with Crippen molar-refractivity contribution < 1.29 is 9.47 Å². The van der Waals surface area contributed by atoms with E-state index in [0.717, 1.165) is 0 Å². The highest BCUT2D eigenvalue weighted by molar-refractivity contribution is 5.54. The van der Waals surface area contributed by atoms with E-state index in [0.29, 0.717) is 23.8 Å². The minimum atomic E-state index is 0.508. The molecule has 0 fully saturated rings. The van der Waals surface area contributed by atoms with Gasteiger partial charge in [0.05, 0.1) is 19.9 Å². The van der Waals surface area contributed by atoms with Crippen LogP contribution >= 0.6 is 0 Å². The number of aromatic nitrogens is 2. The molecule has 0 aromatic carbocycles. The summed E-state index contributed by atoms with van der Waals surface area (Å²) in [6, 6.07) is 1.73. The molecule has 0 aliphatic carbocycles. The molecule has 0 N–H and O–H groups in total. The number of rotatable bonds is 4. The van der Waals surface area contributed by atoms with E-state index >= 15 is 0 Å². The Labute approximate surface area is 77.2 Å². The molecule has 0 atom stereocenters. The molecule has 0 spiro atoms. The lowest BCUT2D eigenvalue weighted by atomic mass is 10.3. The lowest BCUT2D eigenvalue weighted by Gasteiger charge is -2.05. The fourth-order valence-electron chi connectivity index (χ4n) is 0.845. The van der Waals surface area contributed by atoms with Crippen LogP contribution < -0.4 is 4.74 Å². The first-order valence-electron chi connectivity index (χ1n) is 3.96. The van der Waals surface area contributed by atoms with E-state index in [1.54, 1.807) is 13.2 Å². The fourth-order valence-corrected chi connectivity index (χ4v) is 0.845. The molecule has 4 nitrogen and oxygen atoms in total. The second-order valence-electron chi connectivity index (χ2n) is 2.34. The van der Waals surface area contributed by atoms with Crippen molar-refractivity contribution in [1.29, 1.82) is 0 Å². The van der Waals surface area contributed by atoms with Gasteiger partial charge in [-0.3, -0.25) is 0 Å². The van der Waals surface area contributed by atoms with Crippen molar-refractivity contribution in [2.75, 3.05) is 13.7 Å². The molecule has 0 radical (unpaired) electrons. The van der Waals surface area contributed by atoms with E-state index in [1.807, 2.05) is 6.92 Å². The summed E-state index contributed by atoms with van der Waals surface area (Å²) in [5, 5.41) is 7.59. The fraction of sp³-hybridized carbons (Fsp3) is 0.333. The average molecular weight is 180 g/mol. The first kappa shape index (κ1) is 9.51. The molecule has 0 amide bonds. The van der Waals surface area contributed by atoms with Crippen molar-refractivity contribution in [1.82, 2.24) is 10.2 Å². The summed E-state index contributed by atoms with van der Waals surface area (Å²) < 4.78 is 10.2. The van der Waals surface area contributed by atoms with Crippen LogP contribution in [0.4, 0.5) is 0 Å². The molecule has 1 aromatic heterocycles. The van der Waals surface area contributed by atoms with Crippen molar-refractivity contribution in [3.63, 3.8) is 0 Å². The third kappa shape index (κ3) is 2.43. The highest BCUT2D eigenvalue weighted by atomic mass is 16.5. The largest absolute Gasteiger partial charge is 0.495 e. The van der Waals surface area contributed by atoms with Gasteiger partial charge in [0.2, 0.25) is 0 Å². The Kier molecular flexibility index (Phi) is 3.25. The van der Waals surface area contributed by atoms with Crippen LogP contribution in [0.15, 0.2) is 18.8 Å². The Balaban J connectivity index is 2.82. The number of ether oxygens (including phenoxy) is 2. The minimum Gasteiger partial charge on any atom is -0.495 e. The lowest BCUT2D eigenvalue weighted by Crippen LogP contribution is -1.96. The zero-order chi connectivity index (χ0) is 9.68. The van der Waals surface area contributed by atoms with Gasteiger partial charge in [0.25, 0.3) is 0 Å². The Hall–Kier alpha value is -1.58. The summed E-state index contributed by atoms with van der Waals surface area (Å²) in [6.07, 6.45) is 1.53. The summed E-state index contributed by atoms with van der Waals surface area (Å²) in [5.41, 5.74) is 0.598. The first-order chi connectivity index (χ1) is 6.27. The second-order valence-corrected chi connectivity index (χ2v) is 2.34. The van der Waals surface area contributed by atoms with E-state index in [1.165, 1.54) is 6.20 Å². The van der Waals surface area contributed by atoms with Crippen LogP contribution in [0, 0.1) is 0 Å². The Bertz CT molecular complexity index is 299. The monoisotopic (exact) mass is 180 g/mol. The third-order valence-corrected chi connectivity index (χ3v) is 1.47. The maximum Gasteiger partial charge on any atom is 0.141 e. The normalized spacial score (nSPS) is 9.38. The van der Waals surface area contributed by atoms with Crippen molar-refractivity contribution in [3.8, 4) is 5.75 Å². The summed E-state index contributed by atoms with van der Waals surface area (Å²) in [4.78, 5) is 0. The molecule has 13 heavy (non-hydrogen) atoms. The van der Waals surface area contributed by atoms with Crippen LogP contribution in [0.5, 0.6) is 5.75 Å². The van der Waals surface area contributed by atoms with Gasteiger partial charge < -0.3 is 9.47 Å². The molecular weight excluding hydrogens is 168 g/mol. The summed E-state index contributed by atoms with van der Waals surface area (Å²) in [5.74, 6) is 1.15. The molecule has 0 aliphatic heterocycles. The Morgan fingerprint density at radius 1 is 1.62 bits per heavy atom. The van der Waals surface area contributed by atoms with Gasteiger partial charge in [-0.05, 0) is 6.92 Å². The molecule has 0 saturated heterocycles. The summed E-state index contributed by atoms with van der Waals surface area (Å²) in [6.45, 7) is 6.16. The van der Waals surface area contributed by atoms with Crippen LogP contribution in [0.3, 0.4) is 0 Å². The van der Waals surface area contributed by atoms with Crippen LogP contribution in [0.2, 0.25) is 0 Å². The molecule has 0 aliphatic rings. The van der Waals surface area contributed by atoms with E-state index in [9.17, 15) is 0 Å². The van der Waals surface area contributed by atoms with Gasteiger partial charge >= 0.3 is 0 Å². The van der Waals surface area contributed by atoms with Gasteiger partial charge in [0.15, 0.2) is 0 Å². The molecule has 0 bridgehead atoms. The van der Waals surface area contributed by atoms with E-state index in [-0.39, 0.29) is 0 Å². The molecule has 70 valence electrons. The number of hydrogen-bond donors (Lipinski definition) is 0. The first-order valence-corrected chi connectivity index (χ1v) is 3.96. The molecule has 4 heteroatoms. The minimum absolute atomic E-state index is 0.508. The van der Waals surface area contributed by atoms with Crippen LogP contribution in [-0.4, -0.2) is 23.9 Å². The van der Waals surface area contributed by atoms with Gasteiger partial charge in [0, 0.05) is 6.07 Å². The van der Waals surface area contributed by atoms with E-state index in [2.05, 4.69) is 16.8 Å². The van der Waals surface area contributed by atoms with Crippen LogP contribution in [0.1, 0.15) is 12.6 Å². The maximum absolute atomic E-state index is 5.17. The molecule has 1 aromatic rings. The van der Waals surface area contributed by atoms with Gasteiger partial charge in [0.1, 0.15) is 17.2 Å². The van der Waals surface area contributed by atoms with Crippen LogP contribution in [0.25, 0.3) is 5.76 Å². The number of nitrogens with zero attached hydrogens (tertiary/aromatic N) is 2. The van der Waals surface area contributed by atoms with Gasteiger partial charge in [-0.2, -0.15) is 5.10 Å². The SMILES string of the molecule is C=C(OCC)c1cc(OC)cnn1. The standard InChI is InChI=1S/C9H12N2O2/c1-4-13-7(2)9-5-8(12-3)6-10-11-9/h5-6H,2,4H2,1,3H3. The van der Waals surface area contributed by atoms with Gasteiger partial charge in [-0.15, -0.1) is 5.10 Å². The lowest BCUT2D eigenvalue weighted by molar-refractivity contribution is 0.297. The molecule has 0 unspecified atom stereocenters. The highest BCUT2D eigenvalue weighted by Gasteiger charge is 2.02. The van der Waals surface area contributed by atoms with Crippen molar-refractivity contribution >= 4 is 5.76 Å².